The third kappa shape index (κ3) is 5.04. The number of phenolic OH excluding ortho intramolecular Hbond substituents is 2. The molecule has 0 radical (unpaired) electrons. The van der Waals surface area contributed by atoms with Gasteiger partial charge in [0.15, 0.2) is 0 Å². The summed E-state index contributed by atoms with van der Waals surface area (Å²) in [7, 11) is 0. The number of para-hydroxylation sites is 2. The molecule has 0 aliphatic rings. The molecule has 4 heteroatoms. The van der Waals surface area contributed by atoms with Gasteiger partial charge < -0.3 is 10.2 Å². The summed E-state index contributed by atoms with van der Waals surface area (Å²) in [6.07, 6.45) is 8.37. The Morgan fingerprint density at radius 2 is 1.32 bits per heavy atom. The number of rotatable bonds is 6. The van der Waals surface area contributed by atoms with Gasteiger partial charge in [-0.25, -0.2) is 0 Å². The second kappa shape index (κ2) is 9.03. The Balaban J connectivity index is 2.38. The van der Waals surface area contributed by atoms with Crippen molar-refractivity contribution in [2.24, 2.45) is 9.98 Å². The average Bonchev–Trinajstić information content (AvgIpc) is 2.62. The van der Waals surface area contributed by atoms with Crippen LogP contribution in [0.5, 0.6) is 11.5 Å². The topological polar surface area (TPSA) is 65.2 Å². The molecule has 0 aliphatic carbocycles. The Hall–Kier alpha value is -3.40. The van der Waals surface area contributed by atoms with Crippen LogP contribution in [-0.2, 0) is 0 Å². The lowest BCUT2D eigenvalue weighted by molar-refractivity contribution is 0.474. The number of aromatic hydroxyl groups is 2. The van der Waals surface area contributed by atoms with Crippen molar-refractivity contribution in [3.8, 4) is 11.5 Å². The van der Waals surface area contributed by atoms with Gasteiger partial charge in [0.2, 0.25) is 0 Å². The molecular formula is C21H20N2O2. The summed E-state index contributed by atoms with van der Waals surface area (Å²) < 4.78 is 0. The summed E-state index contributed by atoms with van der Waals surface area (Å²) in [6, 6.07) is 13.9. The molecule has 0 heterocycles. The zero-order valence-corrected chi connectivity index (χ0v) is 14.0. The van der Waals surface area contributed by atoms with Crippen LogP contribution in [0.2, 0.25) is 0 Å². The van der Waals surface area contributed by atoms with Crippen LogP contribution < -0.4 is 0 Å². The molecule has 126 valence electrons. The van der Waals surface area contributed by atoms with Crippen molar-refractivity contribution in [2.75, 3.05) is 0 Å². The lowest BCUT2D eigenvalue weighted by atomic mass is 10.2. The molecule has 2 aromatic carbocycles. The molecule has 4 nitrogen and oxygen atoms in total. The Kier molecular flexibility index (Phi) is 6.48. The minimum absolute atomic E-state index is 0.153. The lowest BCUT2D eigenvalue weighted by Crippen LogP contribution is -1.88. The van der Waals surface area contributed by atoms with Crippen molar-refractivity contribution in [1.82, 2.24) is 0 Å². The maximum atomic E-state index is 9.83. The molecule has 0 aliphatic heterocycles. The van der Waals surface area contributed by atoms with Crippen molar-refractivity contribution >= 4 is 12.4 Å². The third-order valence-corrected chi connectivity index (χ3v) is 3.34. The standard InChI is InChI=1S/C21H20N2O2/c1-3-9-19(23-15-17-11-6-8-13-21(17)25)18(4-2)22-14-16-10-5-7-12-20(16)24/h3-15,24-25H,2H2,1H3/b9-3-,19-18-,22-14+,23-15+. The van der Waals surface area contributed by atoms with E-state index in [1.54, 1.807) is 61.0 Å². The number of aliphatic imine (C=N–C) groups is 2. The first-order valence-electron chi connectivity index (χ1n) is 7.79. The maximum Gasteiger partial charge on any atom is 0.124 e. The molecule has 0 unspecified atom stereocenters. The molecule has 25 heavy (non-hydrogen) atoms. The molecule has 2 aromatic rings. The molecule has 2 N–H and O–H groups in total. The van der Waals surface area contributed by atoms with Crippen LogP contribution in [0, 0.1) is 0 Å². The molecule has 0 saturated heterocycles. The molecule has 0 saturated carbocycles. The molecule has 0 amide bonds. The molecule has 0 bridgehead atoms. The zero-order chi connectivity index (χ0) is 18.1. The van der Waals surface area contributed by atoms with E-state index < -0.39 is 0 Å². The predicted octanol–water partition coefficient (Wildman–Crippen LogP) is 4.61. The van der Waals surface area contributed by atoms with E-state index >= 15 is 0 Å². The van der Waals surface area contributed by atoms with E-state index in [-0.39, 0.29) is 11.5 Å². The summed E-state index contributed by atoms with van der Waals surface area (Å²) in [5.41, 5.74) is 2.35. The van der Waals surface area contributed by atoms with Crippen molar-refractivity contribution in [3.63, 3.8) is 0 Å². The van der Waals surface area contributed by atoms with Gasteiger partial charge in [-0.05, 0) is 43.3 Å². The molecule has 0 aromatic heterocycles. The van der Waals surface area contributed by atoms with Crippen LogP contribution in [0.3, 0.4) is 0 Å². The van der Waals surface area contributed by atoms with Gasteiger partial charge in [-0.1, -0.05) is 36.9 Å². The van der Waals surface area contributed by atoms with Gasteiger partial charge in [0.05, 0.1) is 11.4 Å². The van der Waals surface area contributed by atoms with Gasteiger partial charge in [0, 0.05) is 23.6 Å². The maximum absolute atomic E-state index is 9.83. The highest BCUT2D eigenvalue weighted by Crippen LogP contribution is 2.17. The summed E-state index contributed by atoms with van der Waals surface area (Å²) in [5.74, 6) is 0.309. The van der Waals surface area contributed by atoms with Crippen LogP contribution >= 0.6 is 0 Å². The van der Waals surface area contributed by atoms with E-state index in [0.717, 1.165) is 0 Å². The third-order valence-electron chi connectivity index (χ3n) is 3.34. The number of allylic oxidation sites excluding steroid dienone is 3. The fourth-order valence-corrected chi connectivity index (χ4v) is 2.05. The second-order valence-corrected chi connectivity index (χ2v) is 5.11. The lowest BCUT2D eigenvalue weighted by Gasteiger charge is -2.02. The fourth-order valence-electron chi connectivity index (χ4n) is 2.05. The van der Waals surface area contributed by atoms with E-state index in [4.69, 9.17) is 0 Å². The van der Waals surface area contributed by atoms with Crippen LogP contribution in [0.1, 0.15) is 18.1 Å². The van der Waals surface area contributed by atoms with Gasteiger partial charge in [0.1, 0.15) is 11.5 Å². The predicted molar refractivity (Wildman–Crippen MR) is 103 cm³/mol. The highest BCUT2D eigenvalue weighted by molar-refractivity contribution is 5.85. The van der Waals surface area contributed by atoms with Crippen molar-refractivity contribution in [3.05, 3.63) is 95.9 Å². The number of nitrogens with zero attached hydrogens (tertiary/aromatic N) is 2. The van der Waals surface area contributed by atoms with Gasteiger partial charge >= 0.3 is 0 Å². The fraction of sp³-hybridized carbons (Fsp3) is 0.0476. The van der Waals surface area contributed by atoms with Gasteiger partial charge in [0.25, 0.3) is 0 Å². The Labute approximate surface area is 147 Å². The van der Waals surface area contributed by atoms with Crippen LogP contribution in [0.25, 0.3) is 0 Å². The molecule has 0 fully saturated rings. The van der Waals surface area contributed by atoms with Crippen molar-refractivity contribution in [2.45, 2.75) is 6.92 Å². The SMILES string of the molecule is C=CC(/N=C/c1ccccc1O)=C(\C=C/C)/N=C/c1ccccc1O. The monoisotopic (exact) mass is 332 g/mol. The van der Waals surface area contributed by atoms with Crippen LogP contribution in [0.15, 0.2) is 94.7 Å². The Morgan fingerprint density at radius 1 is 0.840 bits per heavy atom. The van der Waals surface area contributed by atoms with Crippen LogP contribution in [-0.4, -0.2) is 22.6 Å². The highest BCUT2D eigenvalue weighted by Gasteiger charge is 2.01. The average molecular weight is 332 g/mol. The smallest absolute Gasteiger partial charge is 0.124 e. The minimum atomic E-state index is 0.153. The molecular weight excluding hydrogens is 312 g/mol. The number of hydrogen-bond donors (Lipinski definition) is 2. The molecule has 0 atom stereocenters. The summed E-state index contributed by atoms with van der Waals surface area (Å²) in [5, 5.41) is 19.6. The van der Waals surface area contributed by atoms with E-state index in [9.17, 15) is 10.2 Å². The number of benzene rings is 2. The first kappa shape index (κ1) is 17.9. The number of hydrogen-bond acceptors (Lipinski definition) is 4. The molecule has 0 spiro atoms. The van der Waals surface area contributed by atoms with Gasteiger partial charge in [-0.15, -0.1) is 0 Å². The Bertz CT molecular complexity index is 862. The van der Waals surface area contributed by atoms with E-state index in [1.165, 1.54) is 0 Å². The quantitative estimate of drug-likeness (QED) is 0.599. The molecule has 2 rings (SSSR count). The first-order chi connectivity index (χ1) is 12.2. The first-order valence-corrected chi connectivity index (χ1v) is 7.79. The summed E-state index contributed by atoms with van der Waals surface area (Å²) >= 11 is 0. The summed E-state index contributed by atoms with van der Waals surface area (Å²) in [6.45, 7) is 5.66. The van der Waals surface area contributed by atoms with E-state index in [1.807, 2.05) is 25.1 Å². The Morgan fingerprint density at radius 3 is 1.76 bits per heavy atom. The van der Waals surface area contributed by atoms with Crippen molar-refractivity contribution < 1.29 is 10.2 Å². The van der Waals surface area contributed by atoms with E-state index in [0.29, 0.717) is 22.5 Å². The van der Waals surface area contributed by atoms with Gasteiger partial charge in [-0.3, -0.25) is 9.98 Å². The second-order valence-electron chi connectivity index (χ2n) is 5.11. The summed E-state index contributed by atoms with van der Waals surface area (Å²) in [4.78, 5) is 8.79. The largest absolute Gasteiger partial charge is 0.507 e. The van der Waals surface area contributed by atoms with Crippen LogP contribution in [0.4, 0.5) is 0 Å². The zero-order valence-electron chi connectivity index (χ0n) is 14.0. The normalized spacial score (nSPS) is 12.8. The van der Waals surface area contributed by atoms with Crippen molar-refractivity contribution in [1.29, 1.82) is 0 Å². The minimum Gasteiger partial charge on any atom is -0.507 e. The van der Waals surface area contributed by atoms with E-state index in [2.05, 4.69) is 16.6 Å². The number of phenols is 2. The van der Waals surface area contributed by atoms with Gasteiger partial charge in [-0.2, -0.15) is 0 Å². The highest BCUT2D eigenvalue weighted by atomic mass is 16.3.